The van der Waals surface area contributed by atoms with E-state index < -0.39 is 0 Å². The van der Waals surface area contributed by atoms with E-state index in [1.54, 1.807) is 12.1 Å². The van der Waals surface area contributed by atoms with Crippen LogP contribution in [0.1, 0.15) is 38.2 Å². The molecule has 1 aliphatic rings. The second-order valence-corrected chi connectivity index (χ2v) is 7.53. The van der Waals surface area contributed by atoms with Gasteiger partial charge in [0.05, 0.1) is 4.92 Å². The summed E-state index contributed by atoms with van der Waals surface area (Å²) in [4.78, 5) is 17.1. The standard InChI is InChI=1S/C21H33N5O2/c1-17(2)16-25-14-11-19(12-15-25)24-21(22-3)23-13-5-4-6-18-7-9-20(10-8-18)26(27)28/h7-10,19H,1,4-6,11-16H2,2-3H3,(H2,22,23,24). The van der Waals surface area contributed by atoms with E-state index in [1.807, 2.05) is 19.2 Å². The molecule has 2 N–H and O–H groups in total. The highest BCUT2D eigenvalue weighted by Crippen LogP contribution is 2.14. The van der Waals surface area contributed by atoms with Gasteiger partial charge in [0, 0.05) is 51.4 Å². The van der Waals surface area contributed by atoms with E-state index >= 15 is 0 Å². The Morgan fingerprint density at radius 1 is 1.29 bits per heavy atom. The first kappa shape index (κ1) is 21.9. The molecule has 0 spiro atoms. The van der Waals surface area contributed by atoms with Crippen LogP contribution in [0, 0.1) is 10.1 Å². The molecule has 0 bridgehead atoms. The number of unbranched alkanes of at least 4 members (excludes halogenated alkanes) is 1. The Bertz CT molecular complexity index is 664. The number of nitro groups is 1. The van der Waals surface area contributed by atoms with Crippen LogP contribution in [0.25, 0.3) is 0 Å². The van der Waals surface area contributed by atoms with E-state index in [4.69, 9.17) is 0 Å². The molecule has 1 heterocycles. The first-order chi connectivity index (χ1) is 13.5. The van der Waals surface area contributed by atoms with E-state index in [9.17, 15) is 10.1 Å². The molecule has 154 valence electrons. The summed E-state index contributed by atoms with van der Waals surface area (Å²) in [5.74, 6) is 0.869. The maximum Gasteiger partial charge on any atom is 0.269 e. The number of aryl methyl sites for hydroxylation is 1. The van der Waals surface area contributed by atoms with Crippen LogP contribution in [0.2, 0.25) is 0 Å². The number of non-ortho nitro benzene ring substituents is 1. The fourth-order valence-corrected chi connectivity index (χ4v) is 3.45. The summed E-state index contributed by atoms with van der Waals surface area (Å²) in [6, 6.07) is 7.29. The van der Waals surface area contributed by atoms with Crippen LogP contribution in [0.15, 0.2) is 41.4 Å². The van der Waals surface area contributed by atoms with Crippen LogP contribution in [0.3, 0.4) is 0 Å². The lowest BCUT2D eigenvalue weighted by Gasteiger charge is -2.33. The molecule has 28 heavy (non-hydrogen) atoms. The number of hydrogen-bond acceptors (Lipinski definition) is 4. The SMILES string of the molecule is C=C(C)CN1CCC(NC(=NC)NCCCCc2ccc([N+](=O)[O-])cc2)CC1. The van der Waals surface area contributed by atoms with Crippen molar-refractivity contribution < 1.29 is 4.92 Å². The second-order valence-electron chi connectivity index (χ2n) is 7.53. The summed E-state index contributed by atoms with van der Waals surface area (Å²) >= 11 is 0. The third-order valence-corrected chi connectivity index (χ3v) is 4.98. The van der Waals surface area contributed by atoms with Crippen molar-refractivity contribution in [3.05, 3.63) is 52.1 Å². The number of rotatable bonds is 9. The van der Waals surface area contributed by atoms with Crippen molar-refractivity contribution in [1.29, 1.82) is 0 Å². The van der Waals surface area contributed by atoms with E-state index in [0.29, 0.717) is 6.04 Å². The first-order valence-corrected chi connectivity index (χ1v) is 10.0. The predicted molar refractivity (Wildman–Crippen MR) is 115 cm³/mol. The maximum absolute atomic E-state index is 10.7. The maximum atomic E-state index is 10.7. The normalized spacial score (nSPS) is 16.0. The van der Waals surface area contributed by atoms with Gasteiger partial charge in [-0.3, -0.25) is 20.0 Å². The highest BCUT2D eigenvalue weighted by Gasteiger charge is 2.19. The van der Waals surface area contributed by atoms with Gasteiger partial charge in [-0.1, -0.05) is 24.3 Å². The Labute approximate surface area is 168 Å². The minimum Gasteiger partial charge on any atom is -0.356 e. The third kappa shape index (κ3) is 7.68. The molecule has 0 atom stereocenters. The smallest absolute Gasteiger partial charge is 0.269 e. The number of nitro benzene ring substituents is 1. The molecule has 1 saturated heterocycles. The summed E-state index contributed by atoms with van der Waals surface area (Å²) in [6.07, 6.45) is 5.21. The van der Waals surface area contributed by atoms with E-state index in [-0.39, 0.29) is 10.6 Å². The zero-order valence-electron chi connectivity index (χ0n) is 17.1. The van der Waals surface area contributed by atoms with Crippen LogP contribution in [0.5, 0.6) is 0 Å². The Morgan fingerprint density at radius 2 is 1.96 bits per heavy atom. The fraction of sp³-hybridized carbons (Fsp3) is 0.571. The molecule has 0 amide bonds. The van der Waals surface area contributed by atoms with Gasteiger partial charge < -0.3 is 10.6 Å². The molecule has 0 aromatic heterocycles. The lowest BCUT2D eigenvalue weighted by Crippen LogP contribution is -2.49. The van der Waals surface area contributed by atoms with Gasteiger partial charge in [0.1, 0.15) is 0 Å². The third-order valence-electron chi connectivity index (χ3n) is 4.98. The lowest BCUT2D eigenvalue weighted by atomic mass is 10.0. The van der Waals surface area contributed by atoms with Crippen molar-refractivity contribution in [3.8, 4) is 0 Å². The van der Waals surface area contributed by atoms with Gasteiger partial charge in [-0.2, -0.15) is 0 Å². The number of benzene rings is 1. The summed E-state index contributed by atoms with van der Waals surface area (Å²) in [5, 5.41) is 17.6. The first-order valence-electron chi connectivity index (χ1n) is 10.0. The zero-order valence-corrected chi connectivity index (χ0v) is 17.1. The van der Waals surface area contributed by atoms with E-state index in [1.165, 1.54) is 5.57 Å². The van der Waals surface area contributed by atoms with Crippen LogP contribution in [0.4, 0.5) is 5.69 Å². The minimum atomic E-state index is -0.364. The lowest BCUT2D eigenvalue weighted by molar-refractivity contribution is -0.384. The van der Waals surface area contributed by atoms with E-state index in [0.717, 1.165) is 69.8 Å². The van der Waals surface area contributed by atoms with Gasteiger partial charge in [-0.25, -0.2) is 0 Å². The average Bonchev–Trinajstić information content (AvgIpc) is 2.68. The van der Waals surface area contributed by atoms with Crippen LogP contribution in [-0.4, -0.2) is 55.1 Å². The fourth-order valence-electron chi connectivity index (χ4n) is 3.45. The molecule has 7 heteroatoms. The van der Waals surface area contributed by atoms with Crippen LogP contribution in [-0.2, 0) is 6.42 Å². The molecule has 1 aliphatic heterocycles. The van der Waals surface area contributed by atoms with Gasteiger partial charge in [0.25, 0.3) is 5.69 Å². The number of hydrogen-bond donors (Lipinski definition) is 2. The van der Waals surface area contributed by atoms with Crippen molar-refractivity contribution in [2.45, 2.75) is 45.1 Å². The van der Waals surface area contributed by atoms with Crippen molar-refractivity contribution in [3.63, 3.8) is 0 Å². The summed E-state index contributed by atoms with van der Waals surface area (Å²) in [6.45, 7) is 10.1. The molecule has 7 nitrogen and oxygen atoms in total. The number of nitrogens with zero attached hydrogens (tertiary/aromatic N) is 3. The molecule has 1 fully saturated rings. The van der Waals surface area contributed by atoms with Crippen LogP contribution < -0.4 is 10.6 Å². The molecule has 1 aromatic rings. The highest BCUT2D eigenvalue weighted by molar-refractivity contribution is 5.79. The van der Waals surface area contributed by atoms with Gasteiger partial charge >= 0.3 is 0 Å². The predicted octanol–water partition coefficient (Wildman–Crippen LogP) is 3.12. The Kier molecular flexibility index (Phi) is 8.94. The van der Waals surface area contributed by atoms with Gasteiger partial charge in [-0.15, -0.1) is 0 Å². The van der Waals surface area contributed by atoms with Crippen molar-refractivity contribution >= 4 is 11.6 Å². The van der Waals surface area contributed by atoms with E-state index in [2.05, 4.69) is 34.0 Å². The number of aliphatic imine (C=N–C) groups is 1. The van der Waals surface area contributed by atoms with Crippen molar-refractivity contribution in [2.75, 3.05) is 33.2 Å². The van der Waals surface area contributed by atoms with Crippen molar-refractivity contribution in [2.24, 2.45) is 4.99 Å². The molecule has 0 unspecified atom stereocenters. The number of likely N-dealkylation sites (tertiary alicyclic amines) is 1. The van der Waals surface area contributed by atoms with Crippen LogP contribution >= 0.6 is 0 Å². The number of guanidine groups is 1. The Balaban J connectivity index is 1.61. The molecule has 0 saturated carbocycles. The Hall–Kier alpha value is -2.41. The molecular weight excluding hydrogens is 354 g/mol. The molecule has 1 aromatic carbocycles. The Morgan fingerprint density at radius 3 is 2.54 bits per heavy atom. The molecular formula is C21H33N5O2. The molecule has 0 radical (unpaired) electrons. The number of nitrogens with one attached hydrogen (secondary N) is 2. The summed E-state index contributed by atoms with van der Waals surface area (Å²) < 4.78 is 0. The minimum absolute atomic E-state index is 0.144. The zero-order chi connectivity index (χ0) is 20.4. The quantitative estimate of drug-likeness (QED) is 0.170. The molecule has 2 rings (SSSR count). The van der Waals surface area contributed by atoms with Gasteiger partial charge in [0.15, 0.2) is 5.96 Å². The van der Waals surface area contributed by atoms with Gasteiger partial charge in [0.2, 0.25) is 0 Å². The molecule has 0 aliphatic carbocycles. The highest BCUT2D eigenvalue weighted by atomic mass is 16.6. The monoisotopic (exact) mass is 387 g/mol. The second kappa shape index (κ2) is 11.4. The topological polar surface area (TPSA) is 82.8 Å². The van der Waals surface area contributed by atoms with Crippen molar-refractivity contribution in [1.82, 2.24) is 15.5 Å². The largest absolute Gasteiger partial charge is 0.356 e. The summed E-state index contributed by atoms with van der Waals surface area (Å²) in [7, 11) is 1.81. The number of piperidine rings is 1. The van der Waals surface area contributed by atoms with Gasteiger partial charge in [-0.05, 0) is 44.6 Å². The summed E-state index contributed by atoms with van der Waals surface area (Å²) in [5.41, 5.74) is 2.50. The average molecular weight is 388 g/mol.